The van der Waals surface area contributed by atoms with Crippen molar-refractivity contribution in [1.29, 1.82) is 0 Å². The molecule has 3 rings (SSSR count). The Morgan fingerprint density at radius 3 is 2.32 bits per heavy atom. The van der Waals surface area contributed by atoms with E-state index >= 15 is 0 Å². The average Bonchev–Trinajstić information content (AvgIpc) is 2.69. The highest BCUT2D eigenvalue weighted by Crippen LogP contribution is 2.25. The fraction of sp³-hybridized carbons (Fsp3) is 0.409. The predicted octanol–water partition coefficient (Wildman–Crippen LogP) is 3.34. The first-order valence-electron chi connectivity index (χ1n) is 9.65. The van der Waals surface area contributed by atoms with E-state index in [4.69, 9.17) is 0 Å². The number of benzene rings is 2. The number of carbonyl (C=O) groups excluding carboxylic acids is 1. The van der Waals surface area contributed by atoms with Gasteiger partial charge in [0.2, 0.25) is 10.0 Å². The minimum Gasteiger partial charge on any atom is -0.339 e. The van der Waals surface area contributed by atoms with Crippen molar-refractivity contribution in [3.8, 4) is 0 Å². The van der Waals surface area contributed by atoms with Crippen LogP contribution in [0.2, 0.25) is 0 Å². The Labute approximate surface area is 168 Å². The standard InChI is InChI=1S/C22H28N2O3S/c1-17-9-10-20(28(26,27)23(2)3)16-21(17)22(25)24-13-11-19(12-14-24)15-18-7-5-4-6-8-18/h4-10,16,19H,11-15H2,1-3H3. The molecule has 1 aliphatic heterocycles. The van der Waals surface area contributed by atoms with Crippen molar-refractivity contribution in [1.82, 2.24) is 9.21 Å². The van der Waals surface area contributed by atoms with Gasteiger partial charge in [0.05, 0.1) is 4.90 Å². The molecule has 0 aliphatic carbocycles. The zero-order chi connectivity index (χ0) is 20.3. The van der Waals surface area contributed by atoms with Crippen LogP contribution in [0.4, 0.5) is 0 Å². The highest BCUT2D eigenvalue weighted by Gasteiger charge is 2.26. The van der Waals surface area contributed by atoms with Gasteiger partial charge in [-0.2, -0.15) is 0 Å². The van der Waals surface area contributed by atoms with Gasteiger partial charge >= 0.3 is 0 Å². The first-order chi connectivity index (χ1) is 13.3. The summed E-state index contributed by atoms with van der Waals surface area (Å²) in [7, 11) is -0.573. The average molecular weight is 401 g/mol. The molecule has 5 nitrogen and oxygen atoms in total. The Balaban J connectivity index is 1.70. The number of rotatable bonds is 5. The van der Waals surface area contributed by atoms with Gasteiger partial charge < -0.3 is 4.90 Å². The van der Waals surface area contributed by atoms with Crippen molar-refractivity contribution in [2.75, 3.05) is 27.2 Å². The van der Waals surface area contributed by atoms with Crippen molar-refractivity contribution in [3.63, 3.8) is 0 Å². The van der Waals surface area contributed by atoms with Crippen LogP contribution in [0.15, 0.2) is 53.4 Å². The lowest BCUT2D eigenvalue weighted by Gasteiger charge is -2.32. The van der Waals surface area contributed by atoms with E-state index in [0.717, 1.165) is 24.8 Å². The number of likely N-dealkylation sites (tertiary alicyclic amines) is 1. The molecule has 2 aromatic carbocycles. The fourth-order valence-corrected chi connectivity index (χ4v) is 4.59. The Hall–Kier alpha value is -2.18. The molecule has 150 valence electrons. The maximum atomic E-state index is 13.1. The molecule has 6 heteroatoms. The van der Waals surface area contributed by atoms with Gasteiger partial charge in [-0.05, 0) is 55.4 Å². The monoisotopic (exact) mass is 400 g/mol. The van der Waals surface area contributed by atoms with E-state index in [9.17, 15) is 13.2 Å². The molecule has 0 aromatic heterocycles. The Bertz CT molecular complexity index is 932. The highest BCUT2D eigenvalue weighted by molar-refractivity contribution is 7.89. The molecule has 28 heavy (non-hydrogen) atoms. The number of aryl methyl sites for hydroxylation is 1. The third kappa shape index (κ3) is 4.45. The predicted molar refractivity (Wildman–Crippen MR) is 111 cm³/mol. The van der Waals surface area contributed by atoms with E-state index in [1.165, 1.54) is 30.0 Å². The van der Waals surface area contributed by atoms with Crippen LogP contribution in [0.5, 0.6) is 0 Å². The number of hydrogen-bond donors (Lipinski definition) is 0. The summed E-state index contributed by atoms with van der Waals surface area (Å²) >= 11 is 0. The van der Waals surface area contributed by atoms with E-state index in [1.807, 2.05) is 17.9 Å². The summed E-state index contributed by atoms with van der Waals surface area (Å²) in [5.74, 6) is 0.500. The molecule has 2 aromatic rings. The van der Waals surface area contributed by atoms with Crippen LogP contribution in [-0.4, -0.2) is 50.7 Å². The second kappa shape index (κ2) is 8.45. The summed E-state index contributed by atoms with van der Waals surface area (Å²) in [6.07, 6.45) is 2.98. The SMILES string of the molecule is Cc1ccc(S(=O)(=O)N(C)C)cc1C(=O)N1CCC(Cc2ccccc2)CC1. The third-order valence-electron chi connectivity index (χ3n) is 5.49. The number of hydrogen-bond acceptors (Lipinski definition) is 3. The molecule has 1 amide bonds. The molecule has 0 atom stereocenters. The van der Waals surface area contributed by atoms with Gasteiger partial charge in [0.25, 0.3) is 5.91 Å². The quantitative estimate of drug-likeness (QED) is 0.773. The lowest BCUT2D eigenvalue weighted by Crippen LogP contribution is -2.39. The van der Waals surface area contributed by atoms with Crippen molar-refractivity contribution in [2.45, 2.75) is 31.1 Å². The van der Waals surface area contributed by atoms with Crippen molar-refractivity contribution in [3.05, 3.63) is 65.2 Å². The van der Waals surface area contributed by atoms with Gasteiger partial charge in [-0.1, -0.05) is 36.4 Å². The smallest absolute Gasteiger partial charge is 0.254 e. The summed E-state index contributed by atoms with van der Waals surface area (Å²) in [5, 5.41) is 0. The third-order valence-corrected chi connectivity index (χ3v) is 7.30. The Morgan fingerprint density at radius 1 is 1.07 bits per heavy atom. The van der Waals surface area contributed by atoms with Gasteiger partial charge in [0.1, 0.15) is 0 Å². The molecule has 1 heterocycles. The van der Waals surface area contributed by atoms with Gasteiger partial charge in [-0.25, -0.2) is 12.7 Å². The molecular formula is C22H28N2O3S. The van der Waals surface area contributed by atoms with E-state index in [2.05, 4.69) is 24.3 Å². The van der Waals surface area contributed by atoms with Gasteiger partial charge in [-0.3, -0.25) is 4.79 Å². The summed E-state index contributed by atoms with van der Waals surface area (Å²) in [6.45, 7) is 3.27. The van der Waals surface area contributed by atoms with Crippen LogP contribution in [0.25, 0.3) is 0 Å². The van der Waals surface area contributed by atoms with Gasteiger partial charge in [0, 0.05) is 32.7 Å². The second-order valence-corrected chi connectivity index (χ2v) is 9.84. The molecule has 0 radical (unpaired) electrons. The normalized spacial score (nSPS) is 15.8. The van der Waals surface area contributed by atoms with Gasteiger partial charge in [0.15, 0.2) is 0 Å². The topological polar surface area (TPSA) is 57.7 Å². The van der Waals surface area contributed by atoms with Crippen molar-refractivity contribution < 1.29 is 13.2 Å². The molecule has 0 saturated carbocycles. The molecule has 0 bridgehead atoms. The minimum atomic E-state index is -3.56. The Kier molecular flexibility index (Phi) is 6.20. The van der Waals surface area contributed by atoms with Crippen molar-refractivity contribution >= 4 is 15.9 Å². The minimum absolute atomic E-state index is 0.0773. The summed E-state index contributed by atoms with van der Waals surface area (Å²) in [6, 6.07) is 15.2. The van der Waals surface area contributed by atoms with E-state index in [1.54, 1.807) is 12.1 Å². The van der Waals surface area contributed by atoms with Crippen LogP contribution in [0.3, 0.4) is 0 Å². The Morgan fingerprint density at radius 2 is 1.71 bits per heavy atom. The number of nitrogens with zero attached hydrogens (tertiary/aromatic N) is 2. The first-order valence-corrected chi connectivity index (χ1v) is 11.1. The van der Waals surface area contributed by atoms with Crippen LogP contribution in [0, 0.1) is 12.8 Å². The summed E-state index contributed by atoms with van der Waals surface area (Å²) < 4.78 is 26.0. The number of piperidine rings is 1. The fourth-order valence-electron chi connectivity index (χ4n) is 3.66. The highest BCUT2D eigenvalue weighted by atomic mass is 32.2. The zero-order valence-electron chi connectivity index (χ0n) is 16.8. The number of carbonyl (C=O) groups is 1. The maximum Gasteiger partial charge on any atom is 0.254 e. The number of sulfonamides is 1. The molecular weight excluding hydrogens is 372 g/mol. The molecule has 1 aliphatic rings. The maximum absolute atomic E-state index is 13.1. The van der Waals surface area contributed by atoms with Gasteiger partial charge in [-0.15, -0.1) is 0 Å². The molecule has 1 saturated heterocycles. The first kappa shape index (κ1) is 20.6. The van der Waals surface area contributed by atoms with Crippen molar-refractivity contribution in [2.24, 2.45) is 5.92 Å². The summed E-state index contributed by atoms with van der Waals surface area (Å²) in [4.78, 5) is 15.1. The largest absolute Gasteiger partial charge is 0.339 e. The molecule has 0 unspecified atom stereocenters. The van der Waals surface area contributed by atoms with E-state index < -0.39 is 10.0 Å². The lowest BCUT2D eigenvalue weighted by molar-refractivity contribution is 0.0689. The molecule has 0 spiro atoms. The van der Waals surface area contributed by atoms with Crippen LogP contribution >= 0.6 is 0 Å². The summed E-state index contributed by atoms with van der Waals surface area (Å²) in [5.41, 5.74) is 2.61. The second-order valence-electron chi connectivity index (χ2n) is 7.69. The molecule has 0 N–H and O–H groups in total. The zero-order valence-corrected chi connectivity index (χ0v) is 17.6. The number of amides is 1. The van der Waals surface area contributed by atoms with Crippen LogP contribution < -0.4 is 0 Å². The lowest BCUT2D eigenvalue weighted by atomic mass is 9.90. The molecule has 1 fully saturated rings. The van der Waals surface area contributed by atoms with E-state index in [0.29, 0.717) is 24.6 Å². The van der Waals surface area contributed by atoms with Crippen LogP contribution in [0.1, 0.15) is 34.3 Å². The van der Waals surface area contributed by atoms with Crippen LogP contribution in [-0.2, 0) is 16.4 Å². The van der Waals surface area contributed by atoms with E-state index in [-0.39, 0.29) is 10.8 Å².